The van der Waals surface area contributed by atoms with E-state index in [4.69, 9.17) is 4.98 Å². The van der Waals surface area contributed by atoms with Gasteiger partial charge < -0.3 is 5.32 Å². The number of aryl methyl sites for hydroxylation is 1. The summed E-state index contributed by atoms with van der Waals surface area (Å²) in [6.07, 6.45) is 0.985. The highest BCUT2D eigenvalue weighted by Crippen LogP contribution is 2.28. The third-order valence-electron chi connectivity index (χ3n) is 2.60. The van der Waals surface area contributed by atoms with Crippen molar-refractivity contribution in [1.29, 1.82) is 0 Å². The van der Waals surface area contributed by atoms with E-state index in [-0.39, 0.29) is 0 Å². The Morgan fingerprint density at radius 1 is 1.39 bits per heavy atom. The van der Waals surface area contributed by atoms with Gasteiger partial charge in [-0.15, -0.1) is 22.7 Å². The van der Waals surface area contributed by atoms with E-state index in [1.165, 1.54) is 10.6 Å². The predicted molar refractivity (Wildman–Crippen MR) is 79.1 cm³/mol. The molecule has 2 rings (SSSR count). The maximum Gasteiger partial charge on any atom is 0.143 e. The lowest BCUT2D eigenvalue weighted by molar-refractivity contribution is 0.553. The number of nitrogens with one attached hydrogen (secondary N) is 1. The number of aromatic nitrogens is 2. The second-order valence-corrected chi connectivity index (χ2v) is 6.44. The fourth-order valence-corrected chi connectivity index (χ4v) is 3.40. The first-order chi connectivity index (χ1) is 8.70. The fourth-order valence-electron chi connectivity index (χ4n) is 1.70. The summed E-state index contributed by atoms with van der Waals surface area (Å²) in [5.41, 5.74) is 4.08. The van der Waals surface area contributed by atoms with Crippen LogP contribution in [-0.2, 0) is 13.0 Å². The van der Waals surface area contributed by atoms with E-state index in [9.17, 15) is 0 Å². The third kappa shape index (κ3) is 3.37. The van der Waals surface area contributed by atoms with Gasteiger partial charge in [-0.2, -0.15) is 0 Å². The summed E-state index contributed by atoms with van der Waals surface area (Å²) < 4.78 is 0. The van der Waals surface area contributed by atoms with E-state index in [2.05, 4.69) is 36.5 Å². The normalized spacial score (nSPS) is 11.3. The minimum atomic E-state index is 0.681. The summed E-state index contributed by atoms with van der Waals surface area (Å²) in [6.45, 7) is 8.57. The molecule has 2 aromatic heterocycles. The largest absolute Gasteiger partial charge is 0.312 e. The second kappa shape index (κ2) is 6.41. The van der Waals surface area contributed by atoms with Gasteiger partial charge in [-0.1, -0.05) is 20.8 Å². The molecule has 1 N–H and O–H groups in total. The molecule has 2 aromatic rings. The van der Waals surface area contributed by atoms with Crippen LogP contribution in [0.1, 0.15) is 31.3 Å². The van der Waals surface area contributed by atoms with Crippen molar-refractivity contribution in [3.8, 4) is 10.7 Å². The van der Waals surface area contributed by atoms with Crippen LogP contribution in [0.3, 0.4) is 0 Å². The summed E-state index contributed by atoms with van der Waals surface area (Å²) in [5, 5.41) is 6.60. The molecule has 0 bridgehead atoms. The summed E-state index contributed by atoms with van der Waals surface area (Å²) >= 11 is 3.38. The zero-order chi connectivity index (χ0) is 13.0. The quantitative estimate of drug-likeness (QED) is 0.879. The molecule has 0 fully saturated rings. The molecule has 0 saturated heterocycles. The summed E-state index contributed by atoms with van der Waals surface area (Å²) in [5.74, 6) is 0.681. The minimum Gasteiger partial charge on any atom is -0.312 e. The molecule has 0 aliphatic heterocycles. The topological polar surface area (TPSA) is 37.8 Å². The van der Waals surface area contributed by atoms with Crippen molar-refractivity contribution in [3.63, 3.8) is 0 Å². The van der Waals surface area contributed by atoms with Gasteiger partial charge in [0.15, 0.2) is 0 Å². The van der Waals surface area contributed by atoms with Crippen molar-refractivity contribution in [2.24, 2.45) is 5.92 Å². The lowest BCUT2D eigenvalue weighted by atomic mass is 10.2. The highest BCUT2D eigenvalue weighted by atomic mass is 32.1. The Labute approximate surface area is 116 Å². The Morgan fingerprint density at radius 2 is 2.22 bits per heavy atom. The number of hydrogen-bond donors (Lipinski definition) is 1. The first kappa shape index (κ1) is 13.6. The fraction of sp³-hybridized carbons (Fsp3) is 0.538. The molecule has 98 valence electrons. The van der Waals surface area contributed by atoms with Crippen molar-refractivity contribution in [3.05, 3.63) is 21.5 Å². The Kier molecular flexibility index (Phi) is 4.86. The molecule has 5 heteroatoms. The molecule has 3 nitrogen and oxygen atoms in total. The molecular weight excluding hydrogens is 262 g/mol. The van der Waals surface area contributed by atoms with E-state index >= 15 is 0 Å². The third-order valence-corrected chi connectivity index (χ3v) is 4.31. The maximum absolute atomic E-state index is 4.69. The van der Waals surface area contributed by atoms with Crippen LogP contribution in [0.25, 0.3) is 10.7 Å². The van der Waals surface area contributed by atoms with E-state index in [0.717, 1.165) is 30.2 Å². The molecule has 18 heavy (non-hydrogen) atoms. The van der Waals surface area contributed by atoms with E-state index in [1.807, 2.05) is 5.51 Å². The van der Waals surface area contributed by atoms with Crippen LogP contribution in [0, 0.1) is 5.92 Å². The molecule has 0 aliphatic carbocycles. The van der Waals surface area contributed by atoms with Gasteiger partial charge in [-0.3, -0.25) is 0 Å². The highest BCUT2D eigenvalue weighted by molar-refractivity contribution is 7.15. The van der Waals surface area contributed by atoms with Crippen LogP contribution in [0.2, 0.25) is 0 Å². The van der Waals surface area contributed by atoms with Gasteiger partial charge in [0.2, 0.25) is 0 Å². The highest BCUT2D eigenvalue weighted by Gasteiger charge is 2.12. The standard InChI is InChI=1S/C13H19N3S2/c1-4-10-12(6-14-5-9(2)3)18-13(16-10)11-7-17-8-15-11/h7-9,14H,4-6H2,1-3H3. The Bertz CT molecular complexity index is 474. The first-order valence-electron chi connectivity index (χ1n) is 6.28. The monoisotopic (exact) mass is 281 g/mol. The Hall–Kier alpha value is -0.780. The van der Waals surface area contributed by atoms with Crippen molar-refractivity contribution in [2.45, 2.75) is 33.7 Å². The lowest BCUT2D eigenvalue weighted by Gasteiger charge is -2.06. The molecule has 0 radical (unpaired) electrons. The van der Waals surface area contributed by atoms with Crippen molar-refractivity contribution in [1.82, 2.24) is 15.3 Å². The molecule has 0 spiro atoms. The first-order valence-corrected chi connectivity index (χ1v) is 8.04. The average molecular weight is 281 g/mol. The van der Waals surface area contributed by atoms with E-state index < -0.39 is 0 Å². The maximum atomic E-state index is 4.69. The van der Waals surface area contributed by atoms with E-state index in [1.54, 1.807) is 22.7 Å². The van der Waals surface area contributed by atoms with Gasteiger partial charge in [0.25, 0.3) is 0 Å². The molecular formula is C13H19N3S2. The van der Waals surface area contributed by atoms with Crippen LogP contribution in [0.5, 0.6) is 0 Å². The molecule has 0 atom stereocenters. The van der Waals surface area contributed by atoms with Crippen molar-refractivity contribution < 1.29 is 0 Å². The zero-order valence-electron chi connectivity index (χ0n) is 11.1. The molecule has 0 saturated carbocycles. The van der Waals surface area contributed by atoms with Gasteiger partial charge in [-0.25, -0.2) is 9.97 Å². The van der Waals surface area contributed by atoms with Gasteiger partial charge >= 0.3 is 0 Å². The number of thiazole rings is 2. The summed E-state index contributed by atoms with van der Waals surface area (Å²) in [6, 6.07) is 0. The van der Waals surface area contributed by atoms with Crippen molar-refractivity contribution >= 4 is 22.7 Å². The van der Waals surface area contributed by atoms with Crippen LogP contribution >= 0.6 is 22.7 Å². The zero-order valence-corrected chi connectivity index (χ0v) is 12.7. The average Bonchev–Trinajstić information content (AvgIpc) is 2.96. The number of nitrogens with zero attached hydrogens (tertiary/aromatic N) is 2. The second-order valence-electron chi connectivity index (χ2n) is 4.64. The van der Waals surface area contributed by atoms with Crippen LogP contribution in [0.15, 0.2) is 10.9 Å². The van der Waals surface area contributed by atoms with Crippen LogP contribution < -0.4 is 5.32 Å². The lowest BCUT2D eigenvalue weighted by Crippen LogP contribution is -2.18. The van der Waals surface area contributed by atoms with Crippen LogP contribution in [0.4, 0.5) is 0 Å². The van der Waals surface area contributed by atoms with Gasteiger partial charge in [0.05, 0.1) is 11.2 Å². The van der Waals surface area contributed by atoms with Crippen LogP contribution in [-0.4, -0.2) is 16.5 Å². The van der Waals surface area contributed by atoms with Crippen molar-refractivity contribution in [2.75, 3.05) is 6.54 Å². The van der Waals surface area contributed by atoms with Gasteiger partial charge in [-0.05, 0) is 18.9 Å². The molecule has 0 aliphatic rings. The minimum absolute atomic E-state index is 0.681. The molecule has 0 unspecified atom stereocenters. The van der Waals surface area contributed by atoms with E-state index in [0.29, 0.717) is 5.92 Å². The summed E-state index contributed by atoms with van der Waals surface area (Å²) in [7, 11) is 0. The number of hydrogen-bond acceptors (Lipinski definition) is 5. The number of rotatable bonds is 6. The van der Waals surface area contributed by atoms with Gasteiger partial charge in [0.1, 0.15) is 10.7 Å². The SMILES string of the molecule is CCc1nc(-c2cscn2)sc1CNCC(C)C. The van der Waals surface area contributed by atoms with Gasteiger partial charge in [0, 0.05) is 16.8 Å². The molecule has 0 amide bonds. The summed E-state index contributed by atoms with van der Waals surface area (Å²) in [4.78, 5) is 10.4. The smallest absolute Gasteiger partial charge is 0.143 e. The molecule has 2 heterocycles. The Balaban J connectivity index is 2.10. The predicted octanol–water partition coefficient (Wildman–Crippen LogP) is 3.57. The Morgan fingerprint density at radius 3 is 2.83 bits per heavy atom. The molecule has 0 aromatic carbocycles.